The smallest absolute Gasteiger partial charge is 0.410 e. The lowest BCUT2D eigenvalue weighted by Crippen LogP contribution is -2.62. The summed E-state index contributed by atoms with van der Waals surface area (Å²) < 4.78 is 5.00. The Hall–Kier alpha value is -1.56. The van der Waals surface area contributed by atoms with E-state index in [9.17, 15) is 9.59 Å². The van der Waals surface area contributed by atoms with Crippen LogP contribution in [0, 0.1) is 5.92 Å². The number of likely N-dealkylation sites (tertiary alicyclic amines) is 1. The van der Waals surface area contributed by atoms with E-state index < -0.39 is 5.66 Å². The van der Waals surface area contributed by atoms with Crippen LogP contribution in [0.2, 0.25) is 0 Å². The molecule has 0 radical (unpaired) electrons. The number of nitrogens with two attached hydrogens (primary N) is 1. The topological polar surface area (TPSA) is 84.7 Å². The lowest BCUT2D eigenvalue weighted by Gasteiger charge is -2.39. The van der Waals surface area contributed by atoms with Crippen molar-refractivity contribution in [3.8, 4) is 0 Å². The van der Waals surface area contributed by atoms with E-state index in [0.717, 1.165) is 25.7 Å². The highest BCUT2D eigenvalue weighted by atomic mass is 16.6. The van der Waals surface area contributed by atoms with Crippen molar-refractivity contribution in [1.29, 1.82) is 0 Å². The van der Waals surface area contributed by atoms with Gasteiger partial charge in [-0.15, -0.1) is 0 Å². The van der Waals surface area contributed by atoms with Crippen molar-refractivity contribution >= 4 is 12.0 Å². The minimum absolute atomic E-state index is 0.0673. The predicted octanol–water partition coefficient (Wildman–Crippen LogP) is 1.37. The van der Waals surface area contributed by atoms with Crippen molar-refractivity contribution in [3.63, 3.8) is 0 Å². The zero-order valence-corrected chi connectivity index (χ0v) is 12.5. The molecule has 1 heterocycles. The summed E-state index contributed by atoms with van der Waals surface area (Å²) in [5, 5.41) is 2.98. The van der Waals surface area contributed by atoms with Crippen molar-refractivity contribution in [1.82, 2.24) is 10.2 Å². The van der Waals surface area contributed by atoms with Gasteiger partial charge in [0.15, 0.2) is 0 Å². The van der Waals surface area contributed by atoms with Gasteiger partial charge in [0.1, 0.15) is 6.61 Å². The molecule has 21 heavy (non-hydrogen) atoms. The van der Waals surface area contributed by atoms with Crippen molar-refractivity contribution in [2.24, 2.45) is 11.7 Å². The molecular weight excluding hydrogens is 270 g/mol. The maximum atomic E-state index is 12.2. The average Bonchev–Trinajstić information content (AvgIpc) is 2.99. The van der Waals surface area contributed by atoms with Gasteiger partial charge in [-0.1, -0.05) is 25.5 Å². The third-order valence-electron chi connectivity index (χ3n) is 4.34. The molecule has 2 aliphatic rings. The molecule has 0 atom stereocenters. The molecule has 1 aliphatic heterocycles. The summed E-state index contributed by atoms with van der Waals surface area (Å²) in [7, 11) is 0. The number of amides is 2. The van der Waals surface area contributed by atoms with Crippen LogP contribution in [0.1, 0.15) is 38.5 Å². The molecule has 1 aliphatic carbocycles. The summed E-state index contributed by atoms with van der Waals surface area (Å²) in [5.74, 6) is 0.179. The standard InChI is InChI=1S/C15H25N3O3/c1-2-11-21-14(20)18-9-7-15(16,8-10-18)17-13(19)12-5-3-4-6-12/h2,12H,1,3-11,16H2,(H,17,19). The molecule has 0 spiro atoms. The van der Waals surface area contributed by atoms with Gasteiger partial charge >= 0.3 is 6.09 Å². The van der Waals surface area contributed by atoms with Crippen LogP contribution in [0.25, 0.3) is 0 Å². The third-order valence-corrected chi connectivity index (χ3v) is 4.34. The predicted molar refractivity (Wildman–Crippen MR) is 79.4 cm³/mol. The Bertz CT molecular complexity index is 397. The summed E-state index contributed by atoms with van der Waals surface area (Å²) in [6, 6.07) is 0. The first kappa shape index (κ1) is 15.8. The average molecular weight is 295 g/mol. The summed E-state index contributed by atoms with van der Waals surface area (Å²) in [4.78, 5) is 25.5. The van der Waals surface area contributed by atoms with Crippen LogP contribution in [-0.4, -0.2) is 42.3 Å². The zero-order chi connectivity index (χ0) is 15.3. The number of nitrogens with one attached hydrogen (secondary N) is 1. The second kappa shape index (κ2) is 6.93. The molecule has 0 aromatic heterocycles. The summed E-state index contributed by atoms with van der Waals surface area (Å²) in [6.07, 6.45) is 6.46. The maximum Gasteiger partial charge on any atom is 0.410 e. The largest absolute Gasteiger partial charge is 0.445 e. The van der Waals surface area contributed by atoms with Gasteiger partial charge in [0.2, 0.25) is 5.91 Å². The number of hydrogen-bond acceptors (Lipinski definition) is 4. The molecule has 1 saturated carbocycles. The number of nitrogens with zero attached hydrogens (tertiary/aromatic N) is 1. The van der Waals surface area contributed by atoms with Crippen molar-refractivity contribution in [3.05, 3.63) is 12.7 Å². The number of carbonyl (C=O) groups is 2. The zero-order valence-electron chi connectivity index (χ0n) is 12.5. The lowest BCUT2D eigenvalue weighted by molar-refractivity contribution is -0.127. The van der Waals surface area contributed by atoms with Gasteiger partial charge in [-0.2, -0.15) is 0 Å². The van der Waals surface area contributed by atoms with Crippen LogP contribution in [0.5, 0.6) is 0 Å². The van der Waals surface area contributed by atoms with Gasteiger partial charge in [0.25, 0.3) is 0 Å². The van der Waals surface area contributed by atoms with Crippen LogP contribution in [0.15, 0.2) is 12.7 Å². The van der Waals surface area contributed by atoms with E-state index in [-0.39, 0.29) is 24.5 Å². The summed E-state index contributed by atoms with van der Waals surface area (Å²) >= 11 is 0. The summed E-state index contributed by atoms with van der Waals surface area (Å²) in [5.41, 5.74) is 5.56. The summed E-state index contributed by atoms with van der Waals surface area (Å²) in [6.45, 7) is 4.71. The van der Waals surface area contributed by atoms with Crippen LogP contribution >= 0.6 is 0 Å². The first-order valence-corrected chi connectivity index (χ1v) is 7.67. The van der Waals surface area contributed by atoms with Crippen LogP contribution < -0.4 is 11.1 Å². The Morgan fingerprint density at radius 1 is 1.33 bits per heavy atom. The van der Waals surface area contributed by atoms with Crippen LogP contribution in [0.4, 0.5) is 4.79 Å². The Balaban J connectivity index is 1.79. The van der Waals surface area contributed by atoms with Gasteiger partial charge in [-0.3, -0.25) is 4.79 Å². The molecular formula is C15H25N3O3. The number of hydrogen-bond donors (Lipinski definition) is 2. The van der Waals surface area contributed by atoms with Crippen molar-refractivity contribution in [2.45, 2.75) is 44.2 Å². The Morgan fingerprint density at radius 2 is 1.95 bits per heavy atom. The molecule has 2 amide bonds. The van der Waals surface area contributed by atoms with Crippen LogP contribution in [-0.2, 0) is 9.53 Å². The molecule has 0 aromatic rings. The van der Waals surface area contributed by atoms with Crippen molar-refractivity contribution in [2.75, 3.05) is 19.7 Å². The molecule has 3 N–H and O–H groups in total. The van der Waals surface area contributed by atoms with Gasteiger partial charge in [-0.25, -0.2) is 4.79 Å². The normalized spacial score (nSPS) is 21.9. The monoisotopic (exact) mass is 295 g/mol. The molecule has 0 bridgehead atoms. The quantitative estimate of drug-likeness (QED) is 0.606. The first-order valence-electron chi connectivity index (χ1n) is 7.67. The number of piperidine rings is 1. The lowest BCUT2D eigenvalue weighted by atomic mass is 9.96. The van der Waals surface area contributed by atoms with E-state index in [4.69, 9.17) is 10.5 Å². The molecule has 6 nitrogen and oxygen atoms in total. The van der Waals surface area contributed by atoms with E-state index in [1.54, 1.807) is 4.90 Å². The highest BCUT2D eigenvalue weighted by Crippen LogP contribution is 2.26. The van der Waals surface area contributed by atoms with Gasteiger partial charge in [-0.05, 0) is 12.8 Å². The van der Waals surface area contributed by atoms with Crippen molar-refractivity contribution < 1.29 is 14.3 Å². The molecule has 2 rings (SSSR count). The fraction of sp³-hybridized carbons (Fsp3) is 0.733. The third kappa shape index (κ3) is 4.20. The highest BCUT2D eigenvalue weighted by molar-refractivity contribution is 5.79. The second-order valence-corrected chi connectivity index (χ2v) is 5.98. The molecule has 2 fully saturated rings. The van der Waals surface area contributed by atoms with Crippen LogP contribution in [0.3, 0.4) is 0 Å². The van der Waals surface area contributed by atoms with E-state index in [1.807, 2.05) is 0 Å². The first-order chi connectivity index (χ1) is 10.0. The maximum absolute atomic E-state index is 12.2. The van der Waals surface area contributed by atoms with E-state index in [2.05, 4.69) is 11.9 Å². The highest BCUT2D eigenvalue weighted by Gasteiger charge is 2.36. The SMILES string of the molecule is C=CCOC(=O)N1CCC(N)(NC(=O)C2CCCC2)CC1. The Morgan fingerprint density at radius 3 is 2.52 bits per heavy atom. The van der Waals surface area contributed by atoms with Gasteiger partial charge in [0.05, 0.1) is 5.66 Å². The number of rotatable bonds is 4. The fourth-order valence-electron chi connectivity index (χ4n) is 2.97. The second-order valence-electron chi connectivity index (χ2n) is 5.98. The number of carbonyl (C=O) groups excluding carboxylic acids is 2. The molecule has 0 unspecified atom stereocenters. The van der Waals surface area contributed by atoms with E-state index >= 15 is 0 Å². The van der Waals surface area contributed by atoms with Gasteiger partial charge < -0.3 is 20.7 Å². The minimum Gasteiger partial charge on any atom is -0.445 e. The minimum atomic E-state index is -0.700. The Kier molecular flexibility index (Phi) is 5.22. The van der Waals surface area contributed by atoms with Gasteiger partial charge in [0, 0.05) is 31.8 Å². The molecule has 6 heteroatoms. The number of ether oxygens (including phenoxy) is 1. The van der Waals surface area contributed by atoms with E-state index in [0.29, 0.717) is 25.9 Å². The van der Waals surface area contributed by atoms with E-state index in [1.165, 1.54) is 6.08 Å². The molecule has 118 valence electrons. The fourth-order valence-corrected chi connectivity index (χ4v) is 2.97. The molecule has 1 saturated heterocycles. The Labute approximate surface area is 125 Å². The molecule has 0 aromatic carbocycles.